The maximum atomic E-state index is 13.0. The van der Waals surface area contributed by atoms with Gasteiger partial charge < -0.3 is 20.1 Å². The summed E-state index contributed by atoms with van der Waals surface area (Å²) in [5, 5.41) is 32.2. The largest absolute Gasteiger partial charge is 0.429 e. The molecule has 2 fully saturated rings. The SMILES string of the molecule is CC1C(O)C(=O)C2C(C)(C)CCCC2(C)C1(O)CCC1=CC(=O)OC1O. The van der Waals surface area contributed by atoms with Crippen molar-refractivity contribution in [3.63, 3.8) is 0 Å². The molecule has 3 rings (SSSR count). The van der Waals surface area contributed by atoms with Crippen molar-refractivity contribution in [2.24, 2.45) is 22.7 Å². The number of hydrogen-bond donors (Lipinski definition) is 3. The number of carbonyl (C=O) groups is 2. The number of fused-ring (bicyclic) bond motifs is 1. The van der Waals surface area contributed by atoms with E-state index < -0.39 is 41.2 Å². The predicted octanol–water partition coefficient (Wildman–Crippen LogP) is 1.71. The van der Waals surface area contributed by atoms with Gasteiger partial charge in [0.25, 0.3) is 0 Å². The Morgan fingerprint density at radius 1 is 1.19 bits per heavy atom. The molecular formula is C20H30O6. The molecule has 6 nitrogen and oxygen atoms in total. The number of cyclic esters (lactones) is 1. The van der Waals surface area contributed by atoms with Crippen molar-refractivity contribution in [1.82, 2.24) is 0 Å². The first-order chi connectivity index (χ1) is 11.9. The second-order valence-corrected chi connectivity index (χ2v) is 9.26. The highest BCUT2D eigenvalue weighted by Gasteiger charge is 2.66. The normalized spacial score (nSPS) is 45.1. The van der Waals surface area contributed by atoms with Crippen LogP contribution in [0.5, 0.6) is 0 Å². The van der Waals surface area contributed by atoms with E-state index in [0.29, 0.717) is 12.0 Å². The van der Waals surface area contributed by atoms with Gasteiger partial charge in [-0.25, -0.2) is 4.79 Å². The van der Waals surface area contributed by atoms with Crippen LogP contribution < -0.4 is 0 Å². The van der Waals surface area contributed by atoms with Gasteiger partial charge in [0, 0.05) is 28.9 Å². The molecule has 0 saturated heterocycles. The molecule has 0 spiro atoms. The van der Waals surface area contributed by atoms with Crippen molar-refractivity contribution in [2.45, 2.75) is 77.8 Å². The zero-order valence-electron chi connectivity index (χ0n) is 16.0. The van der Waals surface area contributed by atoms with Crippen LogP contribution in [0.4, 0.5) is 0 Å². The topological polar surface area (TPSA) is 104 Å². The quantitative estimate of drug-likeness (QED) is 0.657. The van der Waals surface area contributed by atoms with Crippen molar-refractivity contribution in [3.05, 3.63) is 11.6 Å². The zero-order valence-corrected chi connectivity index (χ0v) is 16.0. The van der Waals surface area contributed by atoms with Gasteiger partial charge in [-0.05, 0) is 31.1 Å². The summed E-state index contributed by atoms with van der Waals surface area (Å²) in [4.78, 5) is 24.3. The number of Topliss-reactive ketones (excluding diaryl/α,β-unsaturated/α-hetero) is 1. The zero-order chi connectivity index (χ0) is 19.5. The van der Waals surface area contributed by atoms with E-state index in [4.69, 9.17) is 4.74 Å². The molecule has 6 heteroatoms. The van der Waals surface area contributed by atoms with Crippen molar-refractivity contribution in [3.8, 4) is 0 Å². The lowest BCUT2D eigenvalue weighted by molar-refractivity contribution is -0.229. The predicted molar refractivity (Wildman–Crippen MR) is 93.8 cm³/mol. The number of esters is 1. The Hall–Kier alpha value is -1.24. The van der Waals surface area contributed by atoms with Crippen LogP contribution >= 0.6 is 0 Å². The molecule has 6 atom stereocenters. The minimum Gasteiger partial charge on any atom is -0.429 e. The Balaban J connectivity index is 1.96. The number of carbonyl (C=O) groups excluding carboxylic acids is 2. The minimum absolute atomic E-state index is 0.173. The van der Waals surface area contributed by atoms with Crippen molar-refractivity contribution >= 4 is 11.8 Å². The number of ketones is 1. The second kappa shape index (κ2) is 6.14. The molecule has 26 heavy (non-hydrogen) atoms. The second-order valence-electron chi connectivity index (χ2n) is 9.26. The molecule has 3 aliphatic rings. The van der Waals surface area contributed by atoms with Gasteiger partial charge in [0.2, 0.25) is 6.29 Å². The highest BCUT2D eigenvalue weighted by atomic mass is 16.6. The van der Waals surface area contributed by atoms with E-state index in [-0.39, 0.29) is 24.0 Å². The third-order valence-electron chi connectivity index (χ3n) is 7.37. The molecule has 0 radical (unpaired) electrons. The van der Waals surface area contributed by atoms with Gasteiger partial charge in [-0.15, -0.1) is 0 Å². The first-order valence-electron chi connectivity index (χ1n) is 9.47. The number of aliphatic hydroxyl groups is 3. The number of hydrogen-bond acceptors (Lipinski definition) is 6. The van der Waals surface area contributed by atoms with Crippen molar-refractivity contribution in [2.75, 3.05) is 0 Å². The molecule has 1 aliphatic heterocycles. The highest BCUT2D eigenvalue weighted by molar-refractivity contribution is 5.88. The fourth-order valence-corrected chi connectivity index (χ4v) is 5.91. The molecule has 0 aromatic rings. The molecule has 0 bridgehead atoms. The third kappa shape index (κ3) is 2.65. The van der Waals surface area contributed by atoms with Gasteiger partial charge >= 0.3 is 5.97 Å². The number of rotatable bonds is 3. The van der Waals surface area contributed by atoms with Gasteiger partial charge in [0.1, 0.15) is 6.10 Å². The van der Waals surface area contributed by atoms with Gasteiger partial charge in [-0.3, -0.25) is 4.79 Å². The Labute approximate surface area is 154 Å². The monoisotopic (exact) mass is 366 g/mol. The Morgan fingerprint density at radius 3 is 2.42 bits per heavy atom. The lowest BCUT2D eigenvalue weighted by Gasteiger charge is -2.63. The van der Waals surface area contributed by atoms with Crippen LogP contribution in [0.25, 0.3) is 0 Å². The minimum atomic E-state index is -1.28. The molecule has 2 saturated carbocycles. The average Bonchev–Trinajstić information content (AvgIpc) is 2.86. The van der Waals surface area contributed by atoms with Crippen LogP contribution in [0.2, 0.25) is 0 Å². The van der Waals surface area contributed by atoms with Gasteiger partial charge in [-0.1, -0.05) is 34.1 Å². The molecule has 0 aromatic carbocycles. The van der Waals surface area contributed by atoms with Crippen LogP contribution in [0.3, 0.4) is 0 Å². The van der Waals surface area contributed by atoms with Crippen LogP contribution in [0, 0.1) is 22.7 Å². The molecule has 2 aliphatic carbocycles. The van der Waals surface area contributed by atoms with Crippen LogP contribution in [0.15, 0.2) is 11.6 Å². The van der Waals surface area contributed by atoms with Crippen molar-refractivity contribution < 1.29 is 29.6 Å². The van der Waals surface area contributed by atoms with Crippen LogP contribution in [-0.2, 0) is 14.3 Å². The number of aliphatic hydroxyl groups excluding tert-OH is 2. The first kappa shape index (κ1) is 19.5. The van der Waals surface area contributed by atoms with E-state index in [1.165, 1.54) is 6.08 Å². The molecule has 6 unspecified atom stereocenters. The third-order valence-corrected chi connectivity index (χ3v) is 7.37. The molecule has 146 valence electrons. The Kier molecular flexibility index (Phi) is 4.61. The summed E-state index contributed by atoms with van der Waals surface area (Å²) in [5.74, 6) is -1.82. The average molecular weight is 366 g/mol. The molecule has 1 heterocycles. The molecule has 0 amide bonds. The van der Waals surface area contributed by atoms with E-state index in [0.717, 1.165) is 12.8 Å². The smallest absolute Gasteiger partial charge is 0.333 e. The summed E-state index contributed by atoms with van der Waals surface area (Å²) in [6, 6.07) is 0. The molecule has 0 aromatic heterocycles. The summed E-state index contributed by atoms with van der Waals surface area (Å²) >= 11 is 0. The van der Waals surface area contributed by atoms with Crippen LogP contribution in [0.1, 0.15) is 59.8 Å². The van der Waals surface area contributed by atoms with Crippen LogP contribution in [-0.4, -0.2) is 45.1 Å². The van der Waals surface area contributed by atoms with E-state index in [1.807, 2.05) is 20.8 Å². The van der Waals surface area contributed by atoms with E-state index in [9.17, 15) is 24.9 Å². The summed E-state index contributed by atoms with van der Waals surface area (Å²) in [7, 11) is 0. The maximum absolute atomic E-state index is 13.0. The van der Waals surface area contributed by atoms with E-state index in [2.05, 4.69) is 0 Å². The van der Waals surface area contributed by atoms with Gasteiger partial charge in [0.15, 0.2) is 5.78 Å². The lowest BCUT2D eigenvalue weighted by atomic mass is 9.43. The van der Waals surface area contributed by atoms with E-state index >= 15 is 0 Å². The maximum Gasteiger partial charge on any atom is 0.333 e. The highest BCUT2D eigenvalue weighted by Crippen LogP contribution is 2.62. The molecular weight excluding hydrogens is 336 g/mol. The number of ether oxygens (including phenoxy) is 1. The standard InChI is InChI=1S/C20H30O6/c1-11-14(22)15(23)16-18(2,3)7-5-8-19(16,4)20(11,25)9-6-12-10-13(21)26-17(12)24/h10-11,14,16-17,22,24-25H,5-9H2,1-4H3. The lowest BCUT2D eigenvalue weighted by Crippen LogP contribution is -2.69. The van der Waals surface area contributed by atoms with Gasteiger partial charge in [0.05, 0.1) is 5.60 Å². The fraction of sp³-hybridized carbons (Fsp3) is 0.800. The first-order valence-corrected chi connectivity index (χ1v) is 9.47. The van der Waals surface area contributed by atoms with Gasteiger partial charge in [-0.2, -0.15) is 0 Å². The summed E-state index contributed by atoms with van der Waals surface area (Å²) < 4.78 is 4.72. The van der Waals surface area contributed by atoms with E-state index in [1.54, 1.807) is 6.92 Å². The Bertz CT molecular complexity index is 653. The van der Waals surface area contributed by atoms with Crippen molar-refractivity contribution in [1.29, 1.82) is 0 Å². The fourth-order valence-electron chi connectivity index (χ4n) is 5.91. The Morgan fingerprint density at radius 2 is 1.85 bits per heavy atom. The summed E-state index contributed by atoms with van der Waals surface area (Å²) in [5.41, 5.74) is -1.82. The summed E-state index contributed by atoms with van der Waals surface area (Å²) in [6.07, 6.45) is 1.79. The molecule has 3 N–H and O–H groups in total. The summed E-state index contributed by atoms with van der Waals surface area (Å²) in [6.45, 7) is 7.74.